The van der Waals surface area contributed by atoms with Crippen molar-refractivity contribution in [1.82, 2.24) is 15.1 Å². The lowest BCUT2D eigenvalue weighted by molar-refractivity contribution is -0.125. The molecule has 1 aliphatic heterocycles. The van der Waals surface area contributed by atoms with Crippen molar-refractivity contribution in [3.05, 3.63) is 71.0 Å². The van der Waals surface area contributed by atoms with Crippen LogP contribution in [0.15, 0.2) is 48.5 Å². The minimum absolute atomic E-state index is 0.0838. The van der Waals surface area contributed by atoms with Gasteiger partial charge in [-0.05, 0) is 81.7 Å². The Hall–Kier alpha value is -2.77. The highest BCUT2D eigenvalue weighted by Crippen LogP contribution is 2.35. The number of carbonyl (C=O) groups excluding carboxylic acids is 2. The van der Waals surface area contributed by atoms with Crippen LogP contribution in [0.2, 0.25) is 0 Å². The number of nitrogens with one attached hydrogen (secondary N) is 1. The minimum Gasteiger partial charge on any atom is -0.352 e. The predicted molar refractivity (Wildman–Crippen MR) is 138 cm³/mol. The molecule has 36 heavy (non-hydrogen) atoms. The van der Waals surface area contributed by atoms with Crippen molar-refractivity contribution in [3.8, 4) is 0 Å². The molecule has 2 aromatic carbocycles. The summed E-state index contributed by atoms with van der Waals surface area (Å²) in [6.45, 7) is 3.39. The molecule has 2 atom stereocenters. The summed E-state index contributed by atoms with van der Waals surface area (Å²) in [7, 11) is 0. The molecule has 2 aromatic rings. The molecule has 2 unspecified atom stereocenters. The van der Waals surface area contributed by atoms with E-state index in [2.05, 4.69) is 41.4 Å². The lowest BCUT2D eigenvalue weighted by atomic mass is 9.91. The average molecular weight is 493 g/mol. The monoisotopic (exact) mass is 492 g/mol. The van der Waals surface area contributed by atoms with Gasteiger partial charge in [-0.15, -0.1) is 0 Å². The van der Waals surface area contributed by atoms with Crippen molar-refractivity contribution in [2.75, 3.05) is 6.54 Å². The topological polar surface area (TPSA) is 78.7 Å². The molecule has 2 amide bonds. The Labute approximate surface area is 213 Å². The molecule has 7 heteroatoms. The van der Waals surface area contributed by atoms with Crippen molar-refractivity contribution in [1.29, 1.82) is 0 Å². The Kier molecular flexibility index (Phi) is 7.39. The van der Waals surface area contributed by atoms with Crippen molar-refractivity contribution in [2.45, 2.75) is 88.6 Å². The molecule has 192 valence electrons. The second-order valence-electron chi connectivity index (χ2n) is 10.9. The first-order valence-corrected chi connectivity index (χ1v) is 13.3. The summed E-state index contributed by atoms with van der Waals surface area (Å²) < 4.78 is 13.5. The fourth-order valence-corrected chi connectivity index (χ4v) is 5.71. The fraction of sp³-hybridized carbons (Fsp3) is 0.517. The van der Waals surface area contributed by atoms with E-state index in [1.165, 1.54) is 35.4 Å². The van der Waals surface area contributed by atoms with Crippen LogP contribution in [0.25, 0.3) is 0 Å². The van der Waals surface area contributed by atoms with Gasteiger partial charge in [0, 0.05) is 42.8 Å². The average Bonchev–Trinajstić information content (AvgIpc) is 3.62. The molecule has 2 aliphatic carbocycles. The standard InChI is InChI=1S/C29H37FN4O2/c1-19-2-4-20(5-3-19)17-33(25-14-15-25)26-16-27(28(35)32-24-12-10-23(31)11-13-24)34(18-26)29(36)21-6-8-22(30)9-7-21/h2-9,23-27H,10-18,31H2,1H3,(H,32,35). The van der Waals surface area contributed by atoms with Crippen LogP contribution >= 0.6 is 0 Å². The third kappa shape index (κ3) is 5.79. The minimum atomic E-state index is -0.539. The van der Waals surface area contributed by atoms with Gasteiger partial charge in [0.25, 0.3) is 5.91 Å². The zero-order valence-corrected chi connectivity index (χ0v) is 21.0. The largest absolute Gasteiger partial charge is 0.352 e. The van der Waals surface area contributed by atoms with Crippen molar-refractivity contribution >= 4 is 11.8 Å². The number of rotatable bonds is 7. The van der Waals surface area contributed by atoms with Crippen molar-refractivity contribution in [2.24, 2.45) is 5.73 Å². The van der Waals surface area contributed by atoms with Gasteiger partial charge in [0.05, 0.1) is 0 Å². The molecule has 5 rings (SSSR count). The Balaban J connectivity index is 1.35. The number of nitrogens with zero attached hydrogens (tertiary/aromatic N) is 2. The molecule has 1 heterocycles. The normalized spacial score (nSPS) is 26.3. The van der Waals surface area contributed by atoms with Crippen LogP contribution in [0.1, 0.15) is 66.4 Å². The highest BCUT2D eigenvalue weighted by atomic mass is 19.1. The molecule has 6 nitrogen and oxygen atoms in total. The maximum atomic E-state index is 13.5. The Bertz CT molecular complexity index is 1060. The number of aryl methyl sites for hydroxylation is 1. The molecule has 0 bridgehead atoms. The van der Waals surface area contributed by atoms with E-state index in [0.29, 0.717) is 24.6 Å². The van der Waals surface area contributed by atoms with E-state index in [9.17, 15) is 14.0 Å². The number of carbonyl (C=O) groups is 2. The second kappa shape index (κ2) is 10.7. The SMILES string of the molecule is Cc1ccc(CN(C2CC2)C2CC(C(=O)NC3CCC(N)CC3)N(C(=O)c3ccc(F)cc3)C2)cc1. The molecular weight excluding hydrogens is 455 g/mol. The molecule has 1 saturated heterocycles. The molecule has 0 aromatic heterocycles. The van der Waals surface area contributed by atoms with E-state index in [0.717, 1.165) is 45.1 Å². The van der Waals surface area contributed by atoms with Crippen molar-refractivity contribution < 1.29 is 14.0 Å². The highest BCUT2D eigenvalue weighted by Gasteiger charge is 2.45. The third-order valence-corrected chi connectivity index (χ3v) is 8.02. The van der Waals surface area contributed by atoms with Gasteiger partial charge in [-0.2, -0.15) is 0 Å². The summed E-state index contributed by atoms with van der Waals surface area (Å²) in [4.78, 5) is 31.3. The molecule has 0 radical (unpaired) electrons. The molecular formula is C29H37FN4O2. The molecule has 0 spiro atoms. The van der Waals surface area contributed by atoms with Gasteiger partial charge >= 0.3 is 0 Å². The number of nitrogens with two attached hydrogens (primary N) is 1. The lowest BCUT2D eigenvalue weighted by Crippen LogP contribution is -2.50. The van der Waals surface area contributed by atoms with Crippen LogP contribution < -0.4 is 11.1 Å². The second-order valence-corrected chi connectivity index (χ2v) is 10.9. The van der Waals surface area contributed by atoms with Gasteiger partial charge in [-0.3, -0.25) is 14.5 Å². The number of hydrogen-bond acceptors (Lipinski definition) is 4. The first-order valence-electron chi connectivity index (χ1n) is 13.3. The van der Waals surface area contributed by atoms with Crippen LogP contribution in [0.5, 0.6) is 0 Å². The summed E-state index contributed by atoms with van der Waals surface area (Å²) in [5, 5.41) is 3.22. The van der Waals surface area contributed by atoms with Crippen LogP contribution in [0, 0.1) is 12.7 Å². The Morgan fingerprint density at radius 3 is 2.28 bits per heavy atom. The summed E-state index contributed by atoms with van der Waals surface area (Å²) >= 11 is 0. The van der Waals surface area contributed by atoms with E-state index in [1.807, 2.05) is 0 Å². The van der Waals surface area contributed by atoms with E-state index in [1.54, 1.807) is 4.90 Å². The van der Waals surface area contributed by atoms with Crippen LogP contribution in [0.3, 0.4) is 0 Å². The first-order chi connectivity index (χ1) is 17.4. The zero-order valence-electron chi connectivity index (χ0n) is 21.0. The van der Waals surface area contributed by atoms with Gasteiger partial charge in [0.2, 0.25) is 5.91 Å². The van der Waals surface area contributed by atoms with Gasteiger partial charge < -0.3 is 16.0 Å². The quantitative estimate of drug-likeness (QED) is 0.617. The van der Waals surface area contributed by atoms with E-state index >= 15 is 0 Å². The van der Waals surface area contributed by atoms with Gasteiger partial charge in [-0.1, -0.05) is 29.8 Å². The first kappa shape index (κ1) is 24.9. The summed E-state index contributed by atoms with van der Waals surface area (Å²) in [5.74, 6) is -0.678. The third-order valence-electron chi connectivity index (χ3n) is 8.02. The van der Waals surface area contributed by atoms with Crippen LogP contribution in [-0.2, 0) is 11.3 Å². The maximum Gasteiger partial charge on any atom is 0.254 e. The Morgan fingerprint density at radius 2 is 1.64 bits per heavy atom. The Morgan fingerprint density at radius 1 is 0.972 bits per heavy atom. The predicted octanol–water partition coefficient (Wildman–Crippen LogP) is 3.77. The van der Waals surface area contributed by atoms with Crippen LogP contribution in [0.4, 0.5) is 4.39 Å². The van der Waals surface area contributed by atoms with E-state index in [-0.39, 0.29) is 35.8 Å². The molecule has 3 fully saturated rings. The summed E-state index contributed by atoms with van der Waals surface area (Å²) in [6, 6.07) is 14.6. The smallest absolute Gasteiger partial charge is 0.254 e. The summed E-state index contributed by atoms with van der Waals surface area (Å²) in [6.07, 6.45) is 6.45. The lowest BCUT2D eigenvalue weighted by Gasteiger charge is -2.30. The highest BCUT2D eigenvalue weighted by molar-refractivity contribution is 5.98. The van der Waals surface area contributed by atoms with E-state index in [4.69, 9.17) is 5.73 Å². The molecule has 2 saturated carbocycles. The van der Waals surface area contributed by atoms with Gasteiger partial charge in [0.1, 0.15) is 11.9 Å². The number of amides is 2. The van der Waals surface area contributed by atoms with Crippen molar-refractivity contribution in [3.63, 3.8) is 0 Å². The van der Waals surface area contributed by atoms with Crippen LogP contribution in [-0.4, -0.2) is 58.4 Å². The molecule has 3 aliphatic rings. The van der Waals surface area contributed by atoms with Gasteiger partial charge in [-0.25, -0.2) is 4.39 Å². The molecule has 3 N–H and O–H groups in total. The number of hydrogen-bond donors (Lipinski definition) is 2. The number of likely N-dealkylation sites (tertiary alicyclic amines) is 1. The zero-order chi connectivity index (χ0) is 25.2. The van der Waals surface area contributed by atoms with E-state index < -0.39 is 6.04 Å². The maximum absolute atomic E-state index is 13.5. The van der Waals surface area contributed by atoms with Gasteiger partial charge in [0.15, 0.2) is 0 Å². The number of benzene rings is 2. The summed E-state index contributed by atoms with van der Waals surface area (Å²) in [5.41, 5.74) is 8.93. The number of halogens is 1. The fourth-order valence-electron chi connectivity index (χ4n) is 5.71.